The number of hydrogen-bond donors (Lipinski definition) is 0. The maximum atomic E-state index is 0. The maximum absolute atomic E-state index is 0. The van der Waals surface area contributed by atoms with Gasteiger partial charge in [-0.3, -0.25) is 0 Å². The zero-order chi connectivity index (χ0) is 0. The molecule has 0 bridgehead atoms. The van der Waals surface area contributed by atoms with Crippen LogP contribution in [0.4, 0.5) is 0 Å². The van der Waals surface area contributed by atoms with Crippen molar-refractivity contribution in [3.63, 3.8) is 0 Å². The molecule has 0 amide bonds. The normalized spacial score (nSPS) is 0. The van der Waals surface area contributed by atoms with Crippen molar-refractivity contribution in [2.45, 2.75) is 0 Å². The van der Waals surface area contributed by atoms with Crippen molar-refractivity contribution in [3.8, 4) is 0 Å². The molecule has 0 aromatic carbocycles. The zero-order valence-electron chi connectivity index (χ0n) is 2.41. The Balaban J connectivity index is 0. The van der Waals surface area contributed by atoms with Crippen LogP contribution in [-0.2, 0) is 53.4 Å². The number of rotatable bonds is 0. The van der Waals surface area contributed by atoms with E-state index >= 15 is 0 Å². The number of hydrogen-bond acceptors (Lipinski definition) is 0. The topological polar surface area (TPSA) is 28.5 Å². The first kappa shape index (κ1) is 35.2. The molecule has 4 heteroatoms. The van der Waals surface area contributed by atoms with Crippen LogP contribution < -0.4 is 0 Å². The van der Waals surface area contributed by atoms with Crippen LogP contribution in [-0.4, -0.2) is 18.9 Å². The smallest absolute Gasteiger partial charge is 0 e. The van der Waals surface area contributed by atoms with E-state index < -0.39 is 0 Å². The van der Waals surface area contributed by atoms with Crippen molar-refractivity contribution in [1.82, 2.24) is 0 Å². The Bertz CT molecular complexity index is 8.00. The van der Waals surface area contributed by atoms with Gasteiger partial charge in [0.25, 0.3) is 0 Å². The van der Waals surface area contributed by atoms with Crippen LogP contribution in [0.3, 0.4) is 0 Å². The Morgan fingerprint density at radius 1 is 1.00 bits per heavy atom. The van der Waals surface area contributed by atoms with E-state index in [0.717, 1.165) is 0 Å². The maximum Gasteiger partial charge on any atom is 0 e. The molecule has 0 fully saturated rings. The molecule has 1 nitrogen and oxygen atoms in total. The van der Waals surface area contributed by atoms with Crippen molar-refractivity contribution >= 4 is 18.9 Å². The Morgan fingerprint density at radius 2 is 1.00 bits per heavy atom. The minimum absolute atomic E-state index is 0. The molecule has 15 valence electrons. The van der Waals surface area contributed by atoms with Crippen molar-refractivity contribution in [1.29, 1.82) is 0 Å². The molecule has 0 rings (SSSR count). The van der Waals surface area contributed by atoms with E-state index in [-0.39, 0.29) is 72.3 Å². The summed E-state index contributed by atoms with van der Waals surface area (Å²) >= 11 is 0. The van der Waals surface area contributed by atoms with Gasteiger partial charge in [0.15, 0.2) is 0 Å². The summed E-state index contributed by atoms with van der Waals surface area (Å²) in [6.45, 7) is 0. The summed E-state index contributed by atoms with van der Waals surface area (Å²) in [5, 5.41) is 0. The van der Waals surface area contributed by atoms with Gasteiger partial charge in [-0.15, -0.1) is 0 Å². The molecule has 0 spiro atoms. The van der Waals surface area contributed by atoms with Gasteiger partial charge in [-0.05, 0) is 0 Å². The second-order valence-corrected chi connectivity index (χ2v) is 0. The largest absolute Gasteiger partial charge is 0 e. The van der Waals surface area contributed by atoms with E-state index in [4.69, 9.17) is 0 Å². The van der Waals surface area contributed by atoms with Crippen LogP contribution in [0, 0.1) is 0 Å². The Kier molecular flexibility index (Phi) is 169. The third kappa shape index (κ3) is 8.91. The monoisotopic (exact) mass is 161 g/mol. The van der Waals surface area contributed by atoms with E-state index in [1.165, 1.54) is 0 Å². The zero-order valence-corrected chi connectivity index (χ0v) is 6.43. The molecule has 4 heavy (non-hydrogen) atoms. The quantitative estimate of drug-likeness (QED) is 0.429. The average Bonchev–Trinajstić information content (AvgIpc) is 0. The second kappa shape index (κ2) is 19.2. The van der Waals surface area contributed by atoms with Gasteiger partial charge in [-0.1, -0.05) is 0 Å². The molecular formula is LiOTiZr. The van der Waals surface area contributed by atoms with Crippen LogP contribution >= 0.6 is 0 Å². The van der Waals surface area contributed by atoms with Gasteiger partial charge in [-0.25, -0.2) is 0 Å². The Hall–Kier alpha value is 2.15. The molecule has 3 radical (unpaired) electrons. The summed E-state index contributed by atoms with van der Waals surface area (Å²) in [7, 11) is 0. The molecule has 0 unspecified atom stereocenters. The summed E-state index contributed by atoms with van der Waals surface area (Å²) in [6.07, 6.45) is 0. The van der Waals surface area contributed by atoms with Crippen LogP contribution in [0.5, 0.6) is 0 Å². The molecule has 0 aromatic heterocycles. The second-order valence-electron chi connectivity index (χ2n) is 0. The first-order chi connectivity index (χ1) is 0. The molecular weight excluding hydrogens is 162 g/mol. The van der Waals surface area contributed by atoms with Gasteiger partial charge in [0.05, 0.1) is 0 Å². The molecule has 0 aromatic rings. The fraction of sp³-hybridized carbons (Fsp3) is 0. The van der Waals surface area contributed by atoms with Crippen molar-refractivity contribution in [3.05, 3.63) is 0 Å². The SMILES string of the molecule is [Li].[O].[Ti].[Zr]. The molecule has 0 atom stereocenters. The minimum Gasteiger partial charge on any atom is 0 e. The molecule has 0 N–H and O–H groups in total. The van der Waals surface area contributed by atoms with Crippen LogP contribution in [0.1, 0.15) is 0 Å². The van der Waals surface area contributed by atoms with E-state index in [1.54, 1.807) is 0 Å². The molecule has 0 aliphatic heterocycles. The summed E-state index contributed by atoms with van der Waals surface area (Å²) in [4.78, 5) is 0. The average molecular weight is 162 g/mol. The van der Waals surface area contributed by atoms with Crippen molar-refractivity contribution in [2.24, 2.45) is 0 Å². The third-order valence-electron chi connectivity index (χ3n) is 0. The molecule has 0 aliphatic rings. The Labute approximate surface area is 71.4 Å². The summed E-state index contributed by atoms with van der Waals surface area (Å²) in [5.41, 5.74) is 0. The fourth-order valence-corrected chi connectivity index (χ4v) is 0. The van der Waals surface area contributed by atoms with Gasteiger partial charge in [-0.2, -0.15) is 0 Å². The summed E-state index contributed by atoms with van der Waals surface area (Å²) in [5.74, 6) is 0. The minimum atomic E-state index is 0. The van der Waals surface area contributed by atoms with Gasteiger partial charge in [0.2, 0.25) is 0 Å². The molecule has 0 heterocycles. The predicted molar refractivity (Wildman–Crippen MR) is 6.44 cm³/mol. The van der Waals surface area contributed by atoms with Gasteiger partial charge in [0.1, 0.15) is 0 Å². The molecule has 0 aliphatic carbocycles. The molecule has 0 saturated heterocycles. The van der Waals surface area contributed by atoms with E-state index in [2.05, 4.69) is 0 Å². The van der Waals surface area contributed by atoms with Gasteiger partial charge >= 0.3 is 0 Å². The van der Waals surface area contributed by atoms with E-state index in [1.807, 2.05) is 0 Å². The van der Waals surface area contributed by atoms with Gasteiger partial charge < -0.3 is 0 Å². The van der Waals surface area contributed by atoms with Gasteiger partial charge in [0, 0.05) is 72.3 Å². The predicted octanol–water partition coefficient (Wildman–Crippen LogP) is -0.505. The van der Waals surface area contributed by atoms with Crippen molar-refractivity contribution in [2.75, 3.05) is 0 Å². The molecule has 0 saturated carbocycles. The van der Waals surface area contributed by atoms with Crippen LogP contribution in [0.25, 0.3) is 0 Å². The summed E-state index contributed by atoms with van der Waals surface area (Å²) in [6, 6.07) is 0. The summed E-state index contributed by atoms with van der Waals surface area (Å²) < 4.78 is 0. The first-order valence-corrected chi connectivity index (χ1v) is 0. The fourth-order valence-electron chi connectivity index (χ4n) is 0. The van der Waals surface area contributed by atoms with Crippen LogP contribution in [0.2, 0.25) is 0 Å². The van der Waals surface area contributed by atoms with E-state index in [0.29, 0.717) is 0 Å². The first-order valence-electron chi connectivity index (χ1n) is 0. The van der Waals surface area contributed by atoms with Crippen molar-refractivity contribution < 1.29 is 53.4 Å². The Morgan fingerprint density at radius 3 is 1.00 bits per heavy atom. The third-order valence-corrected chi connectivity index (χ3v) is 0. The van der Waals surface area contributed by atoms with E-state index in [9.17, 15) is 0 Å². The van der Waals surface area contributed by atoms with Crippen LogP contribution in [0.15, 0.2) is 0 Å². The standard InChI is InChI=1S/Li.O.Ti.Zr.